The van der Waals surface area contributed by atoms with E-state index >= 15 is 0 Å². The first-order chi connectivity index (χ1) is 11.2. The molecule has 0 spiro atoms. The first-order valence-corrected chi connectivity index (χ1v) is 8.53. The van der Waals surface area contributed by atoms with Gasteiger partial charge in [-0.15, -0.1) is 10.2 Å². The van der Waals surface area contributed by atoms with Crippen LogP contribution in [0.2, 0.25) is 0 Å². The Balaban J connectivity index is 1.62. The molecule has 2 heterocycles. The van der Waals surface area contributed by atoms with Crippen molar-refractivity contribution in [3.63, 3.8) is 0 Å². The number of hydrogen-bond donors (Lipinski definition) is 0. The van der Waals surface area contributed by atoms with Crippen LogP contribution in [0.3, 0.4) is 0 Å². The number of aromatic nitrogens is 3. The Morgan fingerprint density at radius 1 is 1.04 bits per heavy atom. The molecule has 4 nitrogen and oxygen atoms in total. The van der Waals surface area contributed by atoms with Crippen molar-refractivity contribution in [2.24, 2.45) is 0 Å². The van der Waals surface area contributed by atoms with Gasteiger partial charge in [-0.2, -0.15) is 0 Å². The summed E-state index contributed by atoms with van der Waals surface area (Å²) in [4.78, 5) is 2.50. The molecule has 0 aliphatic carbocycles. The molecule has 0 fully saturated rings. The molecule has 1 aliphatic heterocycles. The summed E-state index contributed by atoms with van der Waals surface area (Å²) < 4.78 is 2.34. The molecule has 0 saturated heterocycles. The molecule has 0 atom stereocenters. The number of nitrogens with zero attached hydrogens (tertiary/aromatic N) is 4. The molecule has 23 heavy (non-hydrogen) atoms. The third-order valence-corrected chi connectivity index (χ3v) is 4.43. The highest BCUT2D eigenvalue weighted by atomic mass is 15.3. The summed E-state index contributed by atoms with van der Waals surface area (Å²) in [6, 6.07) is 10.6. The third kappa shape index (κ3) is 4.29. The van der Waals surface area contributed by atoms with Crippen LogP contribution in [0.25, 0.3) is 0 Å². The number of aryl methyl sites for hydroxylation is 2. The van der Waals surface area contributed by atoms with Crippen LogP contribution in [0, 0.1) is 0 Å². The van der Waals surface area contributed by atoms with Gasteiger partial charge in [0.1, 0.15) is 11.6 Å². The summed E-state index contributed by atoms with van der Waals surface area (Å²) in [5, 5.41) is 8.87. The van der Waals surface area contributed by atoms with E-state index in [-0.39, 0.29) is 0 Å². The topological polar surface area (TPSA) is 34.0 Å². The third-order valence-electron chi connectivity index (χ3n) is 4.43. The van der Waals surface area contributed by atoms with Crippen LogP contribution in [-0.2, 0) is 25.8 Å². The standard InChI is InChI=1S/C19H26N4/c1-16(2)10-12-22-13-11-19-21-20-18(23(19)15-14-22)9-8-17-6-4-3-5-7-17/h3-7,10H,8-9,11-15H2,1-2H3. The molecule has 122 valence electrons. The summed E-state index contributed by atoms with van der Waals surface area (Å²) in [5.41, 5.74) is 2.75. The second-order valence-corrected chi connectivity index (χ2v) is 6.50. The van der Waals surface area contributed by atoms with Crippen molar-refractivity contribution in [1.29, 1.82) is 0 Å². The van der Waals surface area contributed by atoms with Gasteiger partial charge in [-0.05, 0) is 25.8 Å². The first-order valence-electron chi connectivity index (χ1n) is 8.53. The molecule has 0 unspecified atom stereocenters. The number of fused-ring (bicyclic) bond motifs is 1. The smallest absolute Gasteiger partial charge is 0.134 e. The van der Waals surface area contributed by atoms with Crippen LogP contribution in [0.4, 0.5) is 0 Å². The minimum atomic E-state index is 0.963. The Morgan fingerprint density at radius 2 is 1.87 bits per heavy atom. The van der Waals surface area contributed by atoms with Gasteiger partial charge in [0.15, 0.2) is 0 Å². The molecule has 1 aromatic heterocycles. The highest BCUT2D eigenvalue weighted by Crippen LogP contribution is 2.12. The predicted octanol–water partition coefficient (Wildman–Crippen LogP) is 2.89. The summed E-state index contributed by atoms with van der Waals surface area (Å²) in [7, 11) is 0. The lowest BCUT2D eigenvalue weighted by Crippen LogP contribution is -2.27. The first kappa shape index (κ1) is 15.9. The summed E-state index contributed by atoms with van der Waals surface area (Å²) >= 11 is 0. The summed E-state index contributed by atoms with van der Waals surface area (Å²) in [6.45, 7) is 8.51. The fourth-order valence-electron chi connectivity index (χ4n) is 3.01. The van der Waals surface area contributed by atoms with Gasteiger partial charge in [0, 0.05) is 39.0 Å². The van der Waals surface area contributed by atoms with Gasteiger partial charge in [-0.25, -0.2) is 0 Å². The molecule has 0 bridgehead atoms. The number of benzene rings is 1. The van der Waals surface area contributed by atoms with Crippen LogP contribution >= 0.6 is 0 Å². The van der Waals surface area contributed by atoms with Gasteiger partial charge < -0.3 is 4.57 Å². The van der Waals surface area contributed by atoms with Crippen molar-refractivity contribution >= 4 is 0 Å². The molecule has 2 aromatic rings. The van der Waals surface area contributed by atoms with E-state index in [2.05, 4.69) is 69.9 Å². The Hall–Kier alpha value is -1.94. The Kier molecular flexibility index (Phi) is 5.23. The largest absolute Gasteiger partial charge is 0.314 e. The monoisotopic (exact) mass is 310 g/mol. The fraction of sp³-hybridized carbons (Fsp3) is 0.474. The van der Waals surface area contributed by atoms with Crippen LogP contribution in [0.15, 0.2) is 42.0 Å². The minimum absolute atomic E-state index is 0.963. The molecule has 0 N–H and O–H groups in total. The van der Waals surface area contributed by atoms with Crippen molar-refractivity contribution < 1.29 is 0 Å². The van der Waals surface area contributed by atoms with Crippen LogP contribution < -0.4 is 0 Å². The van der Waals surface area contributed by atoms with Gasteiger partial charge in [0.25, 0.3) is 0 Å². The molecule has 0 amide bonds. The average molecular weight is 310 g/mol. The van der Waals surface area contributed by atoms with E-state index in [0.717, 1.165) is 57.1 Å². The SMILES string of the molecule is CC(C)=CCN1CCc2nnc(CCc3ccccc3)n2CC1. The number of allylic oxidation sites excluding steroid dienone is 1. The van der Waals surface area contributed by atoms with Crippen molar-refractivity contribution in [3.8, 4) is 0 Å². The van der Waals surface area contributed by atoms with E-state index in [4.69, 9.17) is 0 Å². The van der Waals surface area contributed by atoms with Crippen LogP contribution in [0.5, 0.6) is 0 Å². The zero-order chi connectivity index (χ0) is 16.1. The van der Waals surface area contributed by atoms with Crippen molar-refractivity contribution in [3.05, 3.63) is 59.2 Å². The molecular formula is C19H26N4. The second kappa shape index (κ2) is 7.55. The molecule has 4 heteroatoms. The molecule has 0 saturated carbocycles. The predicted molar refractivity (Wildman–Crippen MR) is 93.4 cm³/mol. The van der Waals surface area contributed by atoms with Crippen LogP contribution in [0.1, 0.15) is 31.1 Å². The molecule has 1 aromatic carbocycles. The van der Waals surface area contributed by atoms with E-state index in [0.29, 0.717) is 0 Å². The van der Waals surface area contributed by atoms with E-state index in [1.54, 1.807) is 0 Å². The molecule has 0 radical (unpaired) electrons. The van der Waals surface area contributed by atoms with E-state index in [1.165, 1.54) is 11.1 Å². The Morgan fingerprint density at radius 3 is 2.65 bits per heavy atom. The quantitative estimate of drug-likeness (QED) is 0.796. The second-order valence-electron chi connectivity index (χ2n) is 6.50. The Labute approximate surface area is 138 Å². The van der Waals surface area contributed by atoms with Crippen LogP contribution in [-0.4, -0.2) is 39.3 Å². The van der Waals surface area contributed by atoms with Gasteiger partial charge in [0.05, 0.1) is 0 Å². The number of rotatable bonds is 5. The van der Waals surface area contributed by atoms with E-state index in [9.17, 15) is 0 Å². The van der Waals surface area contributed by atoms with Crippen molar-refractivity contribution in [1.82, 2.24) is 19.7 Å². The lowest BCUT2D eigenvalue weighted by Gasteiger charge is -2.17. The summed E-state index contributed by atoms with van der Waals surface area (Å²) in [5.74, 6) is 2.28. The van der Waals surface area contributed by atoms with Gasteiger partial charge in [0.2, 0.25) is 0 Å². The van der Waals surface area contributed by atoms with Gasteiger partial charge in [-0.3, -0.25) is 4.90 Å². The number of hydrogen-bond acceptors (Lipinski definition) is 3. The lowest BCUT2D eigenvalue weighted by atomic mass is 10.1. The zero-order valence-corrected chi connectivity index (χ0v) is 14.2. The normalized spacial score (nSPS) is 15.0. The maximum atomic E-state index is 4.44. The zero-order valence-electron chi connectivity index (χ0n) is 14.2. The molecule has 3 rings (SSSR count). The maximum absolute atomic E-state index is 4.44. The highest BCUT2D eigenvalue weighted by molar-refractivity contribution is 5.15. The van der Waals surface area contributed by atoms with Crippen molar-refractivity contribution in [2.75, 3.05) is 19.6 Å². The maximum Gasteiger partial charge on any atom is 0.134 e. The molecular weight excluding hydrogens is 284 g/mol. The van der Waals surface area contributed by atoms with E-state index < -0.39 is 0 Å². The van der Waals surface area contributed by atoms with Gasteiger partial charge in [-0.1, -0.05) is 42.0 Å². The van der Waals surface area contributed by atoms with E-state index in [1.807, 2.05) is 0 Å². The minimum Gasteiger partial charge on any atom is -0.314 e. The van der Waals surface area contributed by atoms with Gasteiger partial charge >= 0.3 is 0 Å². The van der Waals surface area contributed by atoms with Crippen molar-refractivity contribution in [2.45, 2.75) is 39.7 Å². The Bertz CT molecular complexity index is 653. The highest BCUT2D eigenvalue weighted by Gasteiger charge is 2.17. The average Bonchev–Trinajstić information content (AvgIpc) is 2.83. The molecule has 1 aliphatic rings. The summed E-state index contributed by atoms with van der Waals surface area (Å²) in [6.07, 6.45) is 5.29. The fourth-order valence-corrected chi connectivity index (χ4v) is 3.01. The lowest BCUT2D eigenvalue weighted by molar-refractivity contribution is 0.307.